The van der Waals surface area contributed by atoms with Crippen molar-refractivity contribution in [3.63, 3.8) is 0 Å². The van der Waals surface area contributed by atoms with Gasteiger partial charge in [0.1, 0.15) is 11.7 Å². The van der Waals surface area contributed by atoms with Crippen molar-refractivity contribution in [1.29, 1.82) is 0 Å². The van der Waals surface area contributed by atoms with Gasteiger partial charge in [0.05, 0.1) is 6.61 Å². The van der Waals surface area contributed by atoms with Crippen LogP contribution in [0.3, 0.4) is 0 Å². The largest absolute Gasteiger partial charge is 0.465 e. The number of hydrogen-bond donors (Lipinski definition) is 0. The number of esters is 1. The molecule has 0 N–H and O–H groups in total. The molecule has 0 heterocycles. The molecule has 0 aromatic heterocycles. The molecule has 1 unspecified atom stereocenters. The summed E-state index contributed by atoms with van der Waals surface area (Å²) in [7, 11) is 0. The number of carbonyl (C=O) groups excluding carboxylic acids is 2. The van der Waals surface area contributed by atoms with Crippen LogP contribution in [-0.4, -0.2) is 18.4 Å². The molecule has 3 nitrogen and oxygen atoms in total. The smallest absolute Gasteiger partial charge is 0.316 e. The van der Waals surface area contributed by atoms with Gasteiger partial charge in [0, 0.05) is 0 Å². The van der Waals surface area contributed by atoms with Gasteiger partial charge in [-0.25, -0.2) is 0 Å². The lowest BCUT2D eigenvalue weighted by Crippen LogP contribution is -2.23. The maximum atomic E-state index is 11.7. The predicted octanol–water partition coefficient (Wildman–Crippen LogP) is 6.63. The Morgan fingerprint density at radius 1 is 0.680 bits per heavy atom. The highest BCUT2D eigenvalue weighted by atomic mass is 16.5. The highest BCUT2D eigenvalue weighted by Gasteiger charge is 2.22. The quantitative estimate of drug-likeness (QED) is 0.158. The zero-order valence-corrected chi connectivity index (χ0v) is 17.1. The summed E-state index contributed by atoms with van der Waals surface area (Å²) >= 11 is 0. The van der Waals surface area contributed by atoms with Crippen LogP contribution in [0.25, 0.3) is 0 Å². The summed E-state index contributed by atoms with van der Waals surface area (Å²) in [6.07, 6.45) is 18.9. The molecule has 0 fully saturated rings. The second-order valence-corrected chi connectivity index (χ2v) is 7.34. The van der Waals surface area contributed by atoms with E-state index in [0.717, 1.165) is 12.8 Å². The maximum absolute atomic E-state index is 11.7. The van der Waals surface area contributed by atoms with E-state index < -0.39 is 5.92 Å². The molecule has 0 amide bonds. The van der Waals surface area contributed by atoms with Gasteiger partial charge in [-0.15, -0.1) is 0 Å². The molecule has 3 heteroatoms. The topological polar surface area (TPSA) is 43.4 Å². The van der Waals surface area contributed by atoms with Crippen molar-refractivity contribution in [2.24, 2.45) is 5.92 Å². The number of hydrogen-bond acceptors (Lipinski definition) is 3. The summed E-state index contributed by atoms with van der Waals surface area (Å²) in [6.45, 7) is 6.03. The van der Waals surface area contributed by atoms with Crippen LogP contribution in [0.15, 0.2) is 0 Å². The molecule has 0 aliphatic heterocycles. The van der Waals surface area contributed by atoms with Crippen molar-refractivity contribution in [1.82, 2.24) is 0 Å². The Kier molecular flexibility index (Phi) is 17.3. The van der Waals surface area contributed by atoms with Crippen molar-refractivity contribution in [2.75, 3.05) is 6.61 Å². The minimum Gasteiger partial charge on any atom is -0.465 e. The van der Waals surface area contributed by atoms with E-state index in [1.165, 1.54) is 84.0 Å². The van der Waals surface area contributed by atoms with Crippen molar-refractivity contribution in [3.05, 3.63) is 0 Å². The molecule has 0 bridgehead atoms. The van der Waals surface area contributed by atoms with Crippen molar-refractivity contribution in [2.45, 2.75) is 117 Å². The predicted molar refractivity (Wildman–Crippen MR) is 106 cm³/mol. The second-order valence-electron chi connectivity index (χ2n) is 7.34. The molecular weight excluding hydrogens is 312 g/mol. The summed E-state index contributed by atoms with van der Waals surface area (Å²) < 4.78 is 5.20. The first-order valence-electron chi connectivity index (χ1n) is 10.8. The molecule has 0 radical (unpaired) electrons. The number of rotatable bonds is 18. The Balaban J connectivity index is 3.26. The summed E-state index contributed by atoms with van der Waals surface area (Å²) in [5.74, 6) is -0.996. The maximum Gasteiger partial charge on any atom is 0.316 e. The molecule has 0 saturated heterocycles. The number of unbranched alkanes of at least 4 members (excludes halogenated alkanes) is 13. The van der Waals surface area contributed by atoms with E-state index in [1.807, 2.05) is 6.92 Å². The molecule has 0 aliphatic rings. The molecule has 0 aliphatic carbocycles. The fourth-order valence-electron chi connectivity index (χ4n) is 3.19. The monoisotopic (exact) mass is 354 g/mol. The van der Waals surface area contributed by atoms with Gasteiger partial charge >= 0.3 is 5.97 Å². The molecule has 0 spiro atoms. The molecule has 0 saturated carbocycles. The molecule has 0 rings (SSSR count). The lowest BCUT2D eigenvalue weighted by molar-refractivity contribution is -0.151. The second kappa shape index (κ2) is 17.9. The first-order valence-corrected chi connectivity index (χ1v) is 10.8. The Hall–Kier alpha value is -0.860. The Morgan fingerprint density at radius 2 is 1.08 bits per heavy atom. The zero-order valence-electron chi connectivity index (χ0n) is 17.1. The third kappa shape index (κ3) is 15.1. The minimum atomic E-state index is -0.563. The van der Waals surface area contributed by atoms with Crippen LogP contribution in [0.5, 0.6) is 0 Å². The van der Waals surface area contributed by atoms with Crippen molar-refractivity contribution < 1.29 is 14.3 Å². The van der Waals surface area contributed by atoms with Crippen molar-refractivity contribution >= 4 is 11.8 Å². The Bertz CT molecular complexity index is 325. The number of Topliss-reactive ketones (excluding diaryl/α,β-unsaturated/α-hetero) is 1. The fourth-order valence-corrected chi connectivity index (χ4v) is 3.19. The van der Waals surface area contributed by atoms with Crippen LogP contribution in [0.4, 0.5) is 0 Å². The number of ketones is 1. The first kappa shape index (κ1) is 24.1. The summed E-state index contributed by atoms with van der Waals surface area (Å²) in [5, 5.41) is 0. The normalized spacial score (nSPS) is 12.1. The number of carbonyl (C=O) groups is 2. The summed E-state index contributed by atoms with van der Waals surface area (Å²) in [5.41, 5.74) is 0. The highest BCUT2D eigenvalue weighted by molar-refractivity contribution is 5.97. The summed E-state index contributed by atoms with van der Waals surface area (Å²) in [4.78, 5) is 23.0. The first-order chi connectivity index (χ1) is 12.1. The lowest BCUT2D eigenvalue weighted by Gasteiger charge is -2.10. The summed E-state index contributed by atoms with van der Waals surface area (Å²) in [6, 6.07) is 0. The van der Waals surface area contributed by atoms with Gasteiger partial charge in [-0.1, -0.05) is 97.3 Å². The van der Waals surface area contributed by atoms with Gasteiger partial charge in [-0.3, -0.25) is 9.59 Å². The van der Waals surface area contributed by atoms with E-state index in [-0.39, 0.29) is 11.8 Å². The van der Waals surface area contributed by atoms with Crippen LogP contribution in [0.1, 0.15) is 117 Å². The van der Waals surface area contributed by atoms with E-state index in [9.17, 15) is 9.59 Å². The van der Waals surface area contributed by atoms with E-state index in [4.69, 9.17) is 4.74 Å². The van der Waals surface area contributed by atoms with Gasteiger partial charge in [0.25, 0.3) is 0 Å². The molecule has 25 heavy (non-hydrogen) atoms. The average Bonchev–Trinajstić information content (AvgIpc) is 2.58. The zero-order chi connectivity index (χ0) is 18.8. The van der Waals surface area contributed by atoms with Crippen LogP contribution >= 0.6 is 0 Å². The third-order valence-corrected chi connectivity index (χ3v) is 4.93. The SMILES string of the molecule is CCCCCCCCCCCCCCCCOC(=O)C(CC)C(C)=O. The average molecular weight is 355 g/mol. The van der Waals surface area contributed by atoms with Crippen molar-refractivity contribution in [3.8, 4) is 0 Å². The van der Waals surface area contributed by atoms with Crippen LogP contribution < -0.4 is 0 Å². The Labute approximate surface area is 156 Å². The Morgan fingerprint density at radius 3 is 1.44 bits per heavy atom. The third-order valence-electron chi connectivity index (χ3n) is 4.93. The van der Waals surface area contributed by atoms with E-state index in [1.54, 1.807) is 0 Å². The van der Waals surface area contributed by atoms with Crippen LogP contribution in [-0.2, 0) is 14.3 Å². The van der Waals surface area contributed by atoms with Gasteiger partial charge < -0.3 is 4.74 Å². The molecule has 0 aromatic carbocycles. The van der Waals surface area contributed by atoms with Crippen LogP contribution in [0, 0.1) is 5.92 Å². The van der Waals surface area contributed by atoms with Gasteiger partial charge in [0.2, 0.25) is 0 Å². The molecule has 1 atom stereocenters. The highest BCUT2D eigenvalue weighted by Crippen LogP contribution is 2.13. The molecular formula is C22H42O3. The molecule has 148 valence electrons. The van der Waals surface area contributed by atoms with Crippen LogP contribution in [0.2, 0.25) is 0 Å². The number of ether oxygens (including phenoxy) is 1. The minimum absolute atomic E-state index is 0.0894. The van der Waals surface area contributed by atoms with Gasteiger partial charge in [-0.2, -0.15) is 0 Å². The van der Waals surface area contributed by atoms with Gasteiger partial charge in [0.15, 0.2) is 0 Å². The lowest BCUT2D eigenvalue weighted by atomic mass is 10.0. The van der Waals surface area contributed by atoms with E-state index in [2.05, 4.69) is 6.92 Å². The van der Waals surface area contributed by atoms with Gasteiger partial charge in [-0.05, 0) is 19.8 Å². The van der Waals surface area contributed by atoms with E-state index >= 15 is 0 Å². The van der Waals surface area contributed by atoms with E-state index in [0.29, 0.717) is 13.0 Å². The fraction of sp³-hybridized carbons (Fsp3) is 0.909. The molecule has 0 aromatic rings. The standard InChI is InChI=1S/C22H42O3/c1-4-6-7-8-9-10-11-12-13-14-15-16-17-18-19-25-22(24)21(5-2)20(3)23/h21H,4-19H2,1-3H3.